The smallest absolute Gasteiger partial charge is 0.0235 e. The van der Waals surface area contributed by atoms with Crippen LogP contribution in [0.5, 0.6) is 0 Å². The number of hydrogen-bond donors (Lipinski definition) is 0. The van der Waals surface area contributed by atoms with E-state index in [1.54, 1.807) is 37.7 Å². The van der Waals surface area contributed by atoms with Crippen LogP contribution in [0.4, 0.5) is 0 Å². The van der Waals surface area contributed by atoms with E-state index in [2.05, 4.69) is 48.5 Å². The molecule has 0 nitrogen and oxygen atoms in total. The summed E-state index contributed by atoms with van der Waals surface area (Å²) in [7, 11) is 0.904. The lowest BCUT2D eigenvalue weighted by Crippen LogP contribution is -2.23. The van der Waals surface area contributed by atoms with Gasteiger partial charge in [0.05, 0.1) is 0 Å². The van der Waals surface area contributed by atoms with E-state index in [0.717, 1.165) is 34.0 Å². The molecule has 3 heterocycles. The Balaban J connectivity index is 1.61. The minimum Gasteiger partial charge on any atom is -0.101 e. The predicted molar refractivity (Wildman–Crippen MR) is 142 cm³/mol. The Labute approximate surface area is 187 Å². The Bertz CT molecular complexity index is 407. The van der Waals surface area contributed by atoms with Crippen LogP contribution in [0.15, 0.2) is 0 Å². The molecule has 3 fully saturated rings. The molecule has 0 N–H and O–H groups in total. The maximum Gasteiger partial charge on any atom is -0.0235 e. The van der Waals surface area contributed by atoms with E-state index in [9.17, 15) is 0 Å². The summed E-state index contributed by atoms with van der Waals surface area (Å²) >= 11 is 0. The quantitative estimate of drug-likeness (QED) is 0.303. The van der Waals surface area contributed by atoms with E-state index in [1.807, 2.05) is 0 Å². The third-order valence-electron chi connectivity index (χ3n) is 9.32. The Morgan fingerprint density at radius 2 is 0.690 bits per heavy atom. The van der Waals surface area contributed by atoms with E-state index in [0.29, 0.717) is 29.2 Å². The van der Waals surface area contributed by atoms with E-state index < -0.39 is 0 Å². The molecule has 170 valence electrons. The van der Waals surface area contributed by atoms with Crippen LogP contribution in [0.3, 0.4) is 0 Å². The highest BCUT2D eigenvalue weighted by molar-refractivity contribution is 7.60. The molecule has 0 bridgehead atoms. The molecule has 0 aromatic heterocycles. The van der Waals surface area contributed by atoms with Gasteiger partial charge in [-0.3, -0.25) is 0 Å². The van der Waals surface area contributed by atoms with Crippen LogP contribution in [-0.2, 0) is 0 Å². The second kappa shape index (κ2) is 10.9. The van der Waals surface area contributed by atoms with Gasteiger partial charge in [-0.05, 0) is 116 Å². The topological polar surface area (TPSA) is 0 Å². The minimum absolute atomic E-state index is 0.301. The maximum absolute atomic E-state index is 2.73. The van der Waals surface area contributed by atoms with Crippen LogP contribution in [0.2, 0.25) is 0 Å². The molecule has 0 aliphatic carbocycles. The summed E-state index contributed by atoms with van der Waals surface area (Å²) in [6, 6.07) is 0. The summed E-state index contributed by atoms with van der Waals surface area (Å²) in [4.78, 5) is 0. The zero-order valence-corrected chi connectivity index (χ0v) is 23.5. The molecule has 3 rings (SSSR count). The molecule has 3 heteroatoms. The first-order chi connectivity index (χ1) is 13.7. The average molecular weight is 457 g/mol. The SMILES string of the molecule is CC1CCC(C)P1CCC(C)(CCP1C(C)CCC1C)CCP1C(C)CCC1C. The number of rotatable bonds is 9. The van der Waals surface area contributed by atoms with Gasteiger partial charge in [-0.15, -0.1) is 23.8 Å². The standard InChI is InChI=1S/C26H51P3/c1-20-8-9-21(2)27(20)17-14-26(7,15-18-28-22(3)10-11-23(28)4)16-19-29-24(5)12-13-25(29)6/h20-25H,8-19H2,1-7H3. The molecule has 6 atom stereocenters. The van der Waals surface area contributed by atoms with Crippen LogP contribution in [0.1, 0.15) is 106 Å². The Kier molecular flexibility index (Phi) is 9.40. The van der Waals surface area contributed by atoms with Gasteiger partial charge in [0.15, 0.2) is 0 Å². The predicted octanol–water partition coefficient (Wildman–Crippen LogP) is 9.32. The van der Waals surface area contributed by atoms with Gasteiger partial charge < -0.3 is 0 Å². The third-order valence-corrected chi connectivity index (χ3v) is 19.9. The summed E-state index contributed by atoms with van der Waals surface area (Å²) in [5.74, 6) is 0. The molecule has 0 amide bonds. The Hall–Kier alpha value is 1.29. The van der Waals surface area contributed by atoms with Gasteiger partial charge in [-0.2, -0.15) is 0 Å². The van der Waals surface area contributed by atoms with Crippen molar-refractivity contribution in [2.45, 2.75) is 140 Å². The summed E-state index contributed by atoms with van der Waals surface area (Å²) in [6.45, 7) is 18.2. The molecule has 0 aromatic rings. The first-order valence-electron chi connectivity index (χ1n) is 13.0. The highest BCUT2D eigenvalue weighted by Crippen LogP contribution is 2.61. The van der Waals surface area contributed by atoms with Crippen LogP contribution in [-0.4, -0.2) is 52.4 Å². The van der Waals surface area contributed by atoms with Crippen molar-refractivity contribution >= 4 is 23.8 Å². The fourth-order valence-corrected chi connectivity index (χ4v) is 17.2. The second-order valence-electron chi connectivity index (χ2n) is 11.6. The monoisotopic (exact) mass is 456 g/mol. The zero-order chi connectivity index (χ0) is 21.2. The molecule has 3 aliphatic heterocycles. The average Bonchev–Trinajstić information content (AvgIpc) is 3.29. The lowest BCUT2D eigenvalue weighted by atomic mass is 9.82. The van der Waals surface area contributed by atoms with Crippen molar-refractivity contribution in [2.75, 3.05) is 18.5 Å². The summed E-state index contributed by atoms with van der Waals surface area (Å²) in [5, 5.41) is 0. The molecule has 0 radical (unpaired) electrons. The Morgan fingerprint density at radius 1 is 0.483 bits per heavy atom. The fourth-order valence-electron chi connectivity index (χ4n) is 6.64. The molecule has 6 unspecified atom stereocenters. The van der Waals surface area contributed by atoms with Gasteiger partial charge in [0.2, 0.25) is 0 Å². The van der Waals surface area contributed by atoms with Gasteiger partial charge in [0, 0.05) is 0 Å². The van der Waals surface area contributed by atoms with Crippen molar-refractivity contribution in [1.29, 1.82) is 0 Å². The molecule has 0 saturated carbocycles. The zero-order valence-electron chi connectivity index (χ0n) is 20.8. The van der Waals surface area contributed by atoms with Gasteiger partial charge in [-0.1, -0.05) is 48.5 Å². The lowest BCUT2D eigenvalue weighted by molar-refractivity contribution is 0.291. The number of hydrogen-bond acceptors (Lipinski definition) is 0. The molecule has 29 heavy (non-hydrogen) atoms. The van der Waals surface area contributed by atoms with E-state index in [4.69, 9.17) is 0 Å². The van der Waals surface area contributed by atoms with Crippen molar-refractivity contribution in [3.05, 3.63) is 0 Å². The normalized spacial score (nSPS) is 45.0. The largest absolute Gasteiger partial charge is 0.101 e. The summed E-state index contributed by atoms with van der Waals surface area (Å²) in [5.41, 5.74) is 6.90. The second-order valence-corrected chi connectivity index (χ2v) is 21.3. The van der Waals surface area contributed by atoms with Gasteiger partial charge >= 0.3 is 0 Å². The first-order valence-corrected chi connectivity index (χ1v) is 18.0. The van der Waals surface area contributed by atoms with E-state index in [-0.39, 0.29) is 0 Å². The molecular weight excluding hydrogens is 405 g/mol. The highest BCUT2D eigenvalue weighted by atomic mass is 31.1. The van der Waals surface area contributed by atoms with Crippen molar-refractivity contribution in [1.82, 2.24) is 0 Å². The van der Waals surface area contributed by atoms with E-state index >= 15 is 0 Å². The lowest BCUT2D eigenvalue weighted by Gasteiger charge is -2.36. The first kappa shape index (κ1) is 24.9. The van der Waals surface area contributed by atoms with Crippen molar-refractivity contribution in [3.8, 4) is 0 Å². The van der Waals surface area contributed by atoms with Crippen LogP contribution in [0, 0.1) is 5.41 Å². The van der Waals surface area contributed by atoms with Crippen LogP contribution >= 0.6 is 23.8 Å². The molecule has 0 spiro atoms. The van der Waals surface area contributed by atoms with E-state index in [1.165, 1.54) is 38.5 Å². The molecular formula is C26H51P3. The van der Waals surface area contributed by atoms with Crippen molar-refractivity contribution in [3.63, 3.8) is 0 Å². The molecule has 3 saturated heterocycles. The van der Waals surface area contributed by atoms with Crippen molar-refractivity contribution < 1.29 is 0 Å². The van der Waals surface area contributed by atoms with Gasteiger partial charge in [0.25, 0.3) is 0 Å². The summed E-state index contributed by atoms with van der Waals surface area (Å²) < 4.78 is 0. The minimum atomic E-state index is 0.301. The van der Waals surface area contributed by atoms with Crippen LogP contribution in [0.25, 0.3) is 0 Å². The third kappa shape index (κ3) is 6.42. The summed E-state index contributed by atoms with van der Waals surface area (Å²) in [6.07, 6.45) is 18.5. The Morgan fingerprint density at radius 3 is 0.897 bits per heavy atom. The fraction of sp³-hybridized carbons (Fsp3) is 1.00. The molecule has 0 aromatic carbocycles. The van der Waals surface area contributed by atoms with Crippen LogP contribution < -0.4 is 0 Å². The van der Waals surface area contributed by atoms with Crippen molar-refractivity contribution in [2.24, 2.45) is 5.41 Å². The maximum atomic E-state index is 2.73. The molecule has 3 aliphatic rings. The van der Waals surface area contributed by atoms with Gasteiger partial charge in [0.1, 0.15) is 0 Å². The van der Waals surface area contributed by atoms with Gasteiger partial charge in [-0.25, -0.2) is 0 Å². The highest BCUT2D eigenvalue weighted by Gasteiger charge is 2.37.